The Hall–Kier alpha value is -2.63. The molecule has 2 rings (SSSR count). The lowest BCUT2D eigenvalue weighted by Gasteiger charge is -2.25. The average molecular weight is 373 g/mol. The maximum Gasteiger partial charge on any atom is 0.416 e. The van der Waals surface area contributed by atoms with Crippen molar-refractivity contribution in [3.63, 3.8) is 0 Å². The van der Waals surface area contributed by atoms with Crippen LogP contribution in [0.2, 0.25) is 0 Å². The van der Waals surface area contributed by atoms with E-state index in [1.165, 1.54) is 0 Å². The van der Waals surface area contributed by atoms with Gasteiger partial charge in [-0.2, -0.15) is 0 Å². The zero-order chi connectivity index (χ0) is 20.0. The predicted octanol–water partition coefficient (Wildman–Crippen LogP) is 3.50. The van der Waals surface area contributed by atoms with Crippen molar-refractivity contribution in [1.29, 1.82) is 0 Å². The van der Waals surface area contributed by atoms with Gasteiger partial charge in [-0.15, -0.1) is 6.58 Å². The fourth-order valence-electron chi connectivity index (χ4n) is 3.02. The van der Waals surface area contributed by atoms with Gasteiger partial charge in [0.05, 0.1) is 18.4 Å². The maximum atomic E-state index is 13.0. The van der Waals surface area contributed by atoms with E-state index in [1.54, 1.807) is 26.8 Å². The third-order valence-electron chi connectivity index (χ3n) is 4.15. The normalized spacial score (nSPS) is 18.0. The summed E-state index contributed by atoms with van der Waals surface area (Å²) in [6, 6.07) is 9.20. The Kier molecular flexibility index (Phi) is 6.77. The van der Waals surface area contributed by atoms with Crippen LogP contribution >= 0.6 is 0 Å². The quantitative estimate of drug-likeness (QED) is 0.540. The molecule has 1 aromatic carbocycles. The lowest BCUT2D eigenvalue weighted by atomic mass is 9.97. The van der Waals surface area contributed by atoms with Gasteiger partial charge >= 0.3 is 12.1 Å². The first-order chi connectivity index (χ1) is 12.7. The van der Waals surface area contributed by atoms with Crippen LogP contribution in [0.15, 0.2) is 43.0 Å². The topological polar surface area (TPSA) is 72.9 Å². The minimum atomic E-state index is -0.707. The molecule has 0 aliphatic carbocycles. The van der Waals surface area contributed by atoms with E-state index < -0.39 is 35.5 Å². The van der Waals surface area contributed by atoms with Gasteiger partial charge in [-0.3, -0.25) is 9.59 Å². The molecule has 0 N–H and O–H groups in total. The molecular formula is C21H27NO5. The summed E-state index contributed by atoms with van der Waals surface area (Å²) < 4.78 is 10.4. The highest BCUT2D eigenvalue weighted by molar-refractivity contribution is 5.96. The summed E-state index contributed by atoms with van der Waals surface area (Å²) in [4.78, 5) is 38.5. The molecular weight excluding hydrogens is 346 g/mol. The van der Waals surface area contributed by atoms with Gasteiger partial charge in [0.15, 0.2) is 0 Å². The Labute approximate surface area is 160 Å². The van der Waals surface area contributed by atoms with Crippen LogP contribution in [0.5, 0.6) is 0 Å². The summed E-state index contributed by atoms with van der Waals surface area (Å²) >= 11 is 0. The minimum Gasteiger partial charge on any atom is -0.460 e. The van der Waals surface area contributed by atoms with E-state index in [0.717, 1.165) is 10.5 Å². The first-order valence-corrected chi connectivity index (χ1v) is 9.07. The summed E-state index contributed by atoms with van der Waals surface area (Å²) in [5, 5.41) is 0. The average Bonchev–Trinajstić information content (AvgIpc) is 2.93. The molecule has 6 nitrogen and oxygen atoms in total. The lowest BCUT2D eigenvalue weighted by Crippen LogP contribution is -2.44. The molecule has 1 heterocycles. The second-order valence-electron chi connectivity index (χ2n) is 7.64. The molecule has 1 aliphatic rings. The van der Waals surface area contributed by atoms with Crippen molar-refractivity contribution in [2.45, 2.75) is 51.7 Å². The van der Waals surface area contributed by atoms with Crippen molar-refractivity contribution < 1.29 is 23.9 Å². The van der Waals surface area contributed by atoms with E-state index in [2.05, 4.69) is 6.58 Å². The molecule has 2 amide bonds. The van der Waals surface area contributed by atoms with Crippen LogP contribution in [0.4, 0.5) is 4.79 Å². The van der Waals surface area contributed by atoms with Crippen molar-refractivity contribution in [1.82, 2.24) is 4.90 Å². The fraction of sp³-hybridized carbons (Fsp3) is 0.476. The van der Waals surface area contributed by atoms with Crippen molar-refractivity contribution in [2.24, 2.45) is 5.92 Å². The summed E-state index contributed by atoms with van der Waals surface area (Å²) in [7, 11) is 0. The fourth-order valence-corrected chi connectivity index (χ4v) is 3.02. The van der Waals surface area contributed by atoms with E-state index >= 15 is 0 Å². The molecule has 0 saturated carbocycles. The van der Waals surface area contributed by atoms with E-state index in [0.29, 0.717) is 6.42 Å². The number of imide groups is 1. The first-order valence-electron chi connectivity index (χ1n) is 9.07. The van der Waals surface area contributed by atoms with Crippen LogP contribution in [0.3, 0.4) is 0 Å². The second kappa shape index (κ2) is 8.84. The smallest absolute Gasteiger partial charge is 0.416 e. The standard InChI is InChI=1S/C21H27NO5/c1-5-9-16(13-18(23)27-21(2,3)4)19(24)22-17(14-26-20(22)25)12-15-10-7-6-8-11-15/h5-8,10-11,16-17H,1,9,12-14H2,2-4H3/t16-,17?/m1/s1. The molecule has 6 heteroatoms. The van der Waals surface area contributed by atoms with Crippen molar-refractivity contribution in [3.8, 4) is 0 Å². The largest absolute Gasteiger partial charge is 0.460 e. The van der Waals surface area contributed by atoms with Crippen molar-refractivity contribution in [2.75, 3.05) is 6.61 Å². The maximum absolute atomic E-state index is 13.0. The molecule has 0 bridgehead atoms. The number of esters is 1. The molecule has 1 aromatic rings. The highest BCUT2D eigenvalue weighted by atomic mass is 16.6. The van der Waals surface area contributed by atoms with Gasteiger partial charge in [0.25, 0.3) is 0 Å². The number of cyclic esters (lactones) is 1. The van der Waals surface area contributed by atoms with Gasteiger partial charge in [-0.25, -0.2) is 9.69 Å². The van der Waals surface area contributed by atoms with Crippen LogP contribution < -0.4 is 0 Å². The minimum absolute atomic E-state index is 0.107. The summed E-state index contributed by atoms with van der Waals surface area (Å²) in [5.41, 5.74) is 0.368. The highest BCUT2D eigenvalue weighted by Crippen LogP contribution is 2.24. The van der Waals surface area contributed by atoms with Gasteiger partial charge in [-0.05, 0) is 39.2 Å². The monoisotopic (exact) mass is 373 g/mol. The molecule has 0 aromatic heterocycles. The van der Waals surface area contributed by atoms with Crippen LogP contribution in [-0.2, 0) is 25.5 Å². The molecule has 146 valence electrons. The molecule has 27 heavy (non-hydrogen) atoms. The number of nitrogens with zero attached hydrogens (tertiary/aromatic N) is 1. The van der Waals surface area contributed by atoms with Crippen molar-refractivity contribution in [3.05, 3.63) is 48.6 Å². The van der Waals surface area contributed by atoms with E-state index in [1.807, 2.05) is 30.3 Å². The third-order valence-corrected chi connectivity index (χ3v) is 4.15. The SMILES string of the molecule is C=CC[C@H](CC(=O)OC(C)(C)C)C(=O)N1C(=O)OCC1Cc1ccccc1. The predicted molar refractivity (Wildman–Crippen MR) is 101 cm³/mol. The second-order valence-corrected chi connectivity index (χ2v) is 7.64. The Bertz CT molecular complexity index is 692. The lowest BCUT2D eigenvalue weighted by molar-refractivity contribution is -0.158. The molecule has 1 fully saturated rings. The molecule has 2 atom stereocenters. The highest BCUT2D eigenvalue weighted by Gasteiger charge is 2.41. The number of rotatable bonds is 7. The number of benzene rings is 1. The number of carbonyl (C=O) groups is 3. The Balaban J connectivity index is 2.12. The number of amides is 2. The van der Waals surface area contributed by atoms with Crippen LogP contribution in [-0.4, -0.2) is 41.1 Å². The van der Waals surface area contributed by atoms with Crippen LogP contribution in [0, 0.1) is 5.92 Å². The van der Waals surface area contributed by atoms with E-state index in [-0.39, 0.29) is 19.4 Å². The summed E-state index contributed by atoms with van der Waals surface area (Å²) in [6.07, 6.45) is 1.58. The molecule has 0 spiro atoms. The van der Waals surface area contributed by atoms with Gasteiger partial charge in [0.1, 0.15) is 12.2 Å². The summed E-state index contributed by atoms with van der Waals surface area (Å²) in [5.74, 6) is -1.61. The zero-order valence-corrected chi connectivity index (χ0v) is 16.1. The number of hydrogen-bond donors (Lipinski definition) is 0. The first kappa shape index (κ1) is 20.7. The molecule has 1 aliphatic heterocycles. The number of allylic oxidation sites excluding steroid dienone is 1. The van der Waals surface area contributed by atoms with Gasteiger partial charge in [0, 0.05) is 0 Å². The number of hydrogen-bond acceptors (Lipinski definition) is 5. The third kappa shape index (κ3) is 5.94. The van der Waals surface area contributed by atoms with Gasteiger partial charge in [-0.1, -0.05) is 36.4 Å². The van der Waals surface area contributed by atoms with E-state index in [9.17, 15) is 14.4 Å². The van der Waals surface area contributed by atoms with Crippen molar-refractivity contribution >= 4 is 18.0 Å². The Morgan fingerprint density at radius 1 is 1.33 bits per heavy atom. The van der Waals surface area contributed by atoms with Gasteiger partial charge in [0.2, 0.25) is 5.91 Å². The van der Waals surface area contributed by atoms with Crippen LogP contribution in [0.1, 0.15) is 39.2 Å². The zero-order valence-electron chi connectivity index (χ0n) is 16.1. The molecule has 0 radical (unpaired) electrons. The summed E-state index contributed by atoms with van der Waals surface area (Å²) in [6.45, 7) is 9.10. The van der Waals surface area contributed by atoms with Gasteiger partial charge < -0.3 is 9.47 Å². The molecule has 1 unspecified atom stereocenters. The number of ether oxygens (including phenoxy) is 2. The number of carbonyl (C=O) groups excluding carboxylic acids is 3. The van der Waals surface area contributed by atoms with Crippen LogP contribution in [0.25, 0.3) is 0 Å². The van der Waals surface area contributed by atoms with E-state index in [4.69, 9.17) is 9.47 Å². The Morgan fingerprint density at radius 3 is 2.59 bits per heavy atom. The Morgan fingerprint density at radius 2 is 2.00 bits per heavy atom. The molecule has 1 saturated heterocycles.